The second-order valence-corrected chi connectivity index (χ2v) is 7.93. The molecule has 0 heterocycles. The molecule has 0 aliphatic heterocycles. The Balaban J connectivity index is 1.55. The van der Waals surface area contributed by atoms with Crippen molar-refractivity contribution in [3.63, 3.8) is 0 Å². The number of methoxy groups -OCH3 is 1. The lowest BCUT2D eigenvalue weighted by molar-refractivity contribution is -0.118. The minimum Gasteiger partial charge on any atom is -0.497 e. The maximum absolute atomic E-state index is 13.3. The molecule has 1 atom stereocenters. The summed E-state index contributed by atoms with van der Waals surface area (Å²) in [5.41, 5.74) is 2.61. The average Bonchev–Trinajstić information content (AvgIpc) is 2.93. The molecule has 0 aliphatic rings. The lowest BCUT2D eigenvalue weighted by Gasteiger charge is -2.19. The van der Waals surface area contributed by atoms with Gasteiger partial charge in [-0.15, -0.1) is 0 Å². The van der Waals surface area contributed by atoms with Crippen LogP contribution in [0.4, 0.5) is 11.4 Å². The van der Waals surface area contributed by atoms with Gasteiger partial charge >= 0.3 is 0 Å². The van der Waals surface area contributed by atoms with Crippen molar-refractivity contribution in [3.05, 3.63) is 126 Å². The van der Waals surface area contributed by atoms with Gasteiger partial charge in [-0.3, -0.25) is 14.4 Å². The molecule has 0 aromatic heterocycles. The van der Waals surface area contributed by atoms with Gasteiger partial charge in [0.05, 0.1) is 7.11 Å². The van der Waals surface area contributed by atoms with Crippen LogP contribution in [0.25, 0.3) is 0 Å². The summed E-state index contributed by atoms with van der Waals surface area (Å²) in [4.78, 5) is 38.7. The number of rotatable bonds is 8. The Morgan fingerprint density at radius 2 is 1.17 bits per heavy atom. The zero-order valence-electron chi connectivity index (χ0n) is 19.6. The SMILES string of the molecule is COc1ccc(NC(=O)C(NC(=O)c2ccccc2)c2ccc(C(=O)Nc3ccccc3)cc2)cc1. The summed E-state index contributed by atoms with van der Waals surface area (Å²) in [6.45, 7) is 0. The highest BCUT2D eigenvalue weighted by Gasteiger charge is 2.24. The van der Waals surface area contributed by atoms with Crippen molar-refractivity contribution in [2.45, 2.75) is 6.04 Å². The van der Waals surface area contributed by atoms with Crippen LogP contribution in [-0.2, 0) is 4.79 Å². The monoisotopic (exact) mass is 479 g/mol. The number of carbonyl (C=O) groups excluding carboxylic acids is 3. The van der Waals surface area contributed by atoms with Crippen molar-refractivity contribution in [1.29, 1.82) is 0 Å². The molecule has 4 aromatic carbocycles. The van der Waals surface area contributed by atoms with E-state index in [1.165, 1.54) is 0 Å². The van der Waals surface area contributed by atoms with E-state index in [9.17, 15) is 14.4 Å². The summed E-state index contributed by atoms with van der Waals surface area (Å²) in [6.07, 6.45) is 0. The van der Waals surface area contributed by atoms with Crippen molar-refractivity contribution < 1.29 is 19.1 Å². The molecular weight excluding hydrogens is 454 g/mol. The zero-order valence-corrected chi connectivity index (χ0v) is 19.6. The highest BCUT2D eigenvalue weighted by molar-refractivity contribution is 6.05. The summed E-state index contributed by atoms with van der Waals surface area (Å²) in [7, 11) is 1.56. The number of carbonyl (C=O) groups is 3. The molecule has 0 radical (unpaired) electrons. The average molecular weight is 480 g/mol. The van der Waals surface area contributed by atoms with Gasteiger partial charge in [0.15, 0.2) is 0 Å². The molecule has 4 rings (SSSR count). The minimum absolute atomic E-state index is 0.277. The summed E-state index contributed by atoms with van der Waals surface area (Å²) in [5, 5.41) is 8.46. The number of hydrogen-bond acceptors (Lipinski definition) is 4. The number of amides is 3. The summed E-state index contributed by atoms with van der Waals surface area (Å²) >= 11 is 0. The first-order valence-corrected chi connectivity index (χ1v) is 11.3. The largest absolute Gasteiger partial charge is 0.497 e. The maximum Gasteiger partial charge on any atom is 0.255 e. The van der Waals surface area contributed by atoms with Gasteiger partial charge in [0.25, 0.3) is 17.7 Å². The molecule has 180 valence electrons. The minimum atomic E-state index is -0.994. The fraction of sp³-hybridized carbons (Fsp3) is 0.0690. The van der Waals surface area contributed by atoms with Gasteiger partial charge in [0.1, 0.15) is 11.8 Å². The zero-order chi connectivity index (χ0) is 25.3. The Morgan fingerprint density at radius 3 is 1.78 bits per heavy atom. The first-order valence-electron chi connectivity index (χ1n) is 11.3. The van der Waals surface area contributed by atoms with Gasteiger partial charge in [-0.05, 0) is 66.2 Å². The first kappa shape index (κ1) is 24.2. The Labute approximate surface area is 209 Å². The van der Waals surface area contributed by atoms with Crippen LogP contribution in [0.15, 0.2) is 109 Å². The van der Waals surface area contributed by atoms with E-state index in [-0.39, 0.29) is 5.91 Å². The lowest BCUT2D eigenvalue weighted by atomic mass is 10.0. The molecule has 3 N–H and O–H groups in total. The number of hydrogen-bond donors (Lipinski definition) is 3. The predicted octanol–water partition coefficient (Wildman–Crippen LogP) is 5.06. The molecule has 0 spiro atoms. The molecular formula is C29H25N3O4. The standard InChI is InChI=1S/C29H25N3O4/c1-36-25-18-16-24(17-19-25)31-29(35)26(32-28(34)21-8-4-2-5-9-21)20-12-14-22(15-13-20)27(33)30-23-10-6-3-7-11-23/h2-19,26H,1H3,(H,30,33)(H,31,35)(H,32,34). The number of nitrogens with one attached hydrogen (secondary N) is 3. The third kappa shape index (κ3) is 6.15. The van der Waals surface area contributed by atoms with Gasteiger partial charge < -0.3 is 20.7 Å². The summed E-state index contributed by atoms with van der Waals surface area (Å²) in [6, 6.07) is 30.2. The number of anilines is 2. The van der Waals surface area contributed by atoms with Crippen molar-refractivity contribution in [2.75, 3.05) is 17.7 Å². The molecule has 7 nitrogen and oxygen atoms in total. The molecule has 0 bridgehead atoms. The molecule has 4 aromatic rings. The summed E-state index contributed by atoms with van der Waals surface area (Å²) < 4.78 is 5.16. The Hall–Kier alpha value is -4.91. The second kappa shape index (κ2) is 11.5. The quantitative estimate of drug-likeness (QED) is 0.329. The van der Waals surface area contributed by atoms with Gasteiger partial charge in [-0.2, -0.15) is 0 Å². The maximum atomic E-state index is 13.3. The van der Waals surface area contributed by atoms with Crippen LogP contribution in [0.1, 0.15) is 32.3 Å². The Kier molecular flexibility index (Phi) is 7.73. The number of benzene rings is 4. The number of ether oxygens (including phenoxy) is 1. The van der Waals surface area contributed by atoms with Crippen LogP contribution in [0, 0.1) is 0 Å². The van der Waals surface area contributed by atoms with Crippen LogP contribution in [0.3, 0.4) is 0 Å². The first-order chi connectivity index (χ1) is 17.5. The van der Waals surface area contributed by atoms with E-state index in [0.717, 1.165) is 0 Å². The normalized spacial score (nSPS) is 11.1. The van der Waals surface area contributed by atoms with Gasteiger partial charge in [0.2, 0.25) is 0 Å². The van der Waals surface area contributed by atoms with E-state index in [2.05, 4.69) is 16.0 Å². The highest BCUT2D eigenvalue weighted by Crippen LogP contribution is 2.21. The molecule has 7 heteroatoms. The van der Waals surface area contributed by atoms with Crippen LogP contribution in [0.5, 0.6) is 5.75 Å². The van der Waals surface area contributed by atoms with Gasteiger partial charge in [0, 0.05) is 22.5 Å². The van der Waals surface area contributed by atoms with E-state index in [0.29, 0.717) is 33.8 Å². The van der Waals surface area contributed by atoms with E-state index < -0.39 is 17.9 Å². The van der Waals surface area contributed by atoms with Gasteiger partial charge in [-0.25, -0.2) is 0 Å². The molecule has 0 aliphatic carbocycles. The van der Waals surface area contributed by atoms with Crippen molar-refractivity contribution in [2.24, 2.45) is 0 Å². The van der Waals surface area contributed by atoms with E-state index >= 15 is 0 Å². The highest BCUT2D eigenvalue weighted by atomic mass is 16.5. The van der Waals surface area contributed by atoms with Crippen LogP contribution in [0.2, 0.25) is 0 Å². The van der Waals surface area contributed by atoms with Crippen molar-refractivity contribution in [1.82, 2.24) is 5.32 Å². The fourth-order valence-electron chi connectivity index (χ4n) is 3.54. The smallest absolute Gasteiger partial charge is 0.255 e. The van der Waals surface area contributed by atoms with E-state index in [4.69, 9.17) is 4.74 Å². The third-order valence-corrected chi connectivity index (χ3v) is 5.47. The molecule has 1 unspecified atom stereocenters. The predicted molar refractivity (Wildman–Crippen MR) is 139 cm³/mol. The third-order valence-electron chi connectivity index (χ3n) is 5.47. The van der Waals surface area contributed by atoms with E-state index in [1.54, 1.807) is 92.0 Å². The van der Waals surface area contributed by atoms with Crippen LogP contribution in [-0.4, -0.2) is 24.8 Å². The Bertz CT molecular complexity index is 1320. The van der Waals surface area contributed by atoms with E-state index in [1.807, 2.05) is 24.3 Å². The molecule has 36 heavy (non-hydrogen) atoms. The molecule has 3 amide bonds. The second-order valence-electron chi connectivity index (χ2n) is 7.93. The van der Waals surface area contributed by atoms with Crippen LogP contribution < -0.4 is 20.7 Å². The topological polar surface area (TPSA) is 96.5 Å². The molecule has 0 saturated heterocycles. The molecule has 0 saturated carbocycles. The van der Waals surface area contributed by atoms with Gasteiger partial charge in [-0.1, -0.05) is 48.5 Å². The fourth-order valence-corrected chi connectivity index (χ4v) is 3.54. The van der Waals surface area contributed by atoms with Crippen molar-refractivity contribution >= 4 is 29.1 Å². The lowest BCUT2D eigenvalue weighted by Crippen LogP contribution is -2.37. The van der Waals surface area contributed by atoms with Crippen molar-refractivity contribution in [3.8, 4) is 5.75 Å². The summed E-state index contributed by atoms with van der Waals surface area (Å²) in [5.74, 6) is -0.436. The molecule has 0 fully saturated rings. The van der Waals surface area contributed by atoms with Crippen LogP contribution >= 0.6 is 0 Å². The Morgan fingerprint density at radius 1 is 0.611 bits per heavy atom. The number of para-hydroxylation sites is 1.